The van der Waals surface area contributed by atoms with Gasteiger partial charge in [-0.2, -0.15) is 0 Å². The third-order valence-electron chi connectivity index (χ3n) is 4.17. The normalized spacial score (nSPS) is 17.7. The molecule has 5 nitrogen and oxygen atoms in total. The smallest absolute Gasteiger partial charge is 0.251 e. The molecule has 6 heteroatoms. The Kier molecular flexibility index (Phi) is 6.02. The van der Waals surface area contributed by atoms with Crippen molar-refractivity contribution in [1.82, 2.24) is 9.80 Å². The number of piperazine rings is 1. The number of benzene rings is 1. The van der Waals surface area contributed by atoms with Gasteiger partial charge in [-0.1, -0.05) is 36.7 Å². The van der Waals surface area contributed by atoms with Crippen molar-refractivity contribution in [3.05, 3.63) is 34.9 Å². The van der Waals surface area contributed by atoms with Crippen LogP contribution in [0, 0.1) is 5.92 Å². The van der Waals surface area contributed by atoms with Crippen LogP contribution < -0.4 is 0 Å². The number of rotatable bonds is 4. The lowest BCUT2D eigenvalue weighted by atomic mass is 9.99. The monoisotopic (exact) mass is 338 g/mol. The highest BCUT2D eigenvalue weighted by atomic mass is 35.5. The van der Waals surface area contributed by atoms with Crippen molar-refractivity contribution in [3.63, 3.8) is 0 Å². The molecule has 2 rings (SSSR count). The minimum Gasteiger partial charge on any atom is -0.384 e. The number of carbonyl (C=O) groups is 2. The minimum atomic E-state index is -0.989. The molecule has 1 aromatic carbocycles. The SMILES string of the molecule is CC(O)C(=O)N1CCN(C(=O)C(C)Cc2ccccc2Cl)CC1. The van der Waals surface area contributed by atoms with E-state index in [0.29, 0.717) is 37.6 Å². The van der Waals surface area contributed by atoms with E-state index in [-0.39, 0.29) is 17.7 Å². The quantitative estimate of drug-likeness (QED) is 0.906. The van der Waals surface area contributed by atoms with Crippen LogP contribution >= 0.6 is 11.6 Å². The molecule has 126 valence electrons. The number of halogens is 1. The molecule has 1 aliphatic heterocycles. The summed E-state index contributed by atoms with van der Waals surface area (Å²) in [7, 11) is 0. The molecule has 1 saturated heterocycles. The molecular weight excluding hydrogens is 316 g/mol. The van der Waals surface area contributed by atoms with Gasteiger partial charge < -0.3 is 14.9 Å². The molecule has 0 radical (unpaired) electrons. The van der Waals surface area contributed by atoms with E-state index < -0.39 is 6.10 Å². The van der Waals surface area contributed by atoms with Crippen LogP contribution in [0.4, 0.5) is 0 Å². The Morgan fingerprint density at radius 1 is 1.09 bits per heavy atom. The topological polar surface area (TPSA) is 60.9 Å². The van der Waals surface area contributed by atoms with Crippen molar-refractivity contribution in [1.29, 1.82) is 0 Å². The molecule has 0 spiro atoms. The second-order valence-electron chi connectivity index (χ2n) is 6.02. The third-order valence-corrected chi connectivity index (χ3v) is 4.53. The second-order valence-corrected chi connectivity index (χ2v) is 6.43. The highest BCUT2D eigenvalue weighted by molar-refractivity contribution is 6.31. The molecule has 0 saturated carbocycles. The molecule has 2 unspecified atom stereocenters. The van der Waals surface area contributed by atoms with E-state index in [1.165, 1.54) is 6.92 Å². The summed E-state index contributed by atoms with van der Waals surface area (Å²) in [5.74, 6) is -0.357. The van der Waals surface area contributed by atoms with Gasteiger partial charge in [-0.05, 0) is 25.0 Å². The van der Waals surface area contributed by atoms with E-state index in [1.807, 2.05) is 31.2 Å². The summed E-state index contributed by atoms with van der Waals surface area (Å²) in [6.07, 6.45) is -0.387. The third kappa shape index (κ3) is 4.45. The Morgan fingerprint density at radius 2 is 1.61 bits per heavy atom. The highest BCUT2D eigenvalue weighted by Gasteiger charge is 2.28. The Balaban J connectivity index is 1.89. The molecule has 2 atom stereocenters. The number of aliphatic hydroxyl groups is 1. The molecular formula is C17H23ClN2O3. The van der Waals surface area contributed by atoms with E-state index in [4.69, 9.17) is 11.6 Å². The van der Waals surface area contributed by atoms with E-state index >= 15 is 0 Å². The number of aliphatic hydroxyl groups excluding tert-OH is 1. The van der Waals surface area contributed by atoms with Crippen molar-refractivity contribution < 1.29 is 14.7 Å². The first-order valence-electron chi connectivity index (χ1n) is 7.89. The molecule has 2 amide bonds. The van der Waals surface area contributed by atoms with Gasteiger partial charge in [0, 0.05) is 37.1 Å². The predicted octanol–water partition coefficient (Wildman–Crippen LogP) is 1.57. The fourth-order valence-corrected chi connectivity index (χ4v) is 3.02. The molecule has 1 fully saturated rings. The van der Waals surface area contributed by atoms with Crippen LogP contribution in [0.2, 0.25) is 5.02 Å². The Hall–Kier alpha value is -1.59. The Labute approximate surface area is 141 Å². The molecule has 1 aliphatic rings. The second kappa shape index (κ2) is 7.79. The summed E-state index contributed by atoms with van der Waals surface area (Å²) >= 11 is 6.15. The van der Waals surface area contributed by atoms with Crippen LogP contribution in [0.15, 0.2) is 24.3 Å². The molecule has 1 aromatic rings. The number of nitrogens with zero attached hydrogens (tertiary/aromatic N) is 2. The predicted molar refractivity (Wildman–Crippen MR) is 89.2 cm³/mol. The molecule has 0 aromatic heterocycles. The summed E-state index contributed by atoms with van der Waals surface area (Å²) in [5.41, 5.74) is 0.970. The fraction of sp³-hybridized carbons (Fsp3) is 0.529. The summed E-state index contributed by atoms with van der Waals surface area (Å²) in [5, 5.41) is 10.0. The van der Waals surface area contributed by atoms with Crippen molar-refractivity contribution in [2.75, 3.05) is 26.2 Å². The Bertz CT molecular complexity index is 569. The van der Waals surface area contributed by atoms with Gasteiger partial charge in [0.1, 0.15) is 6.10 Å². The van der Waals surface area contributed by atoms with E-state index in [2.05, 4.69) is 0 Å². The summed E-state index contributed by atoms with van der Waals surface area (Å²) in [4.78, 5) is 27.7. The van der Waals surface area contributed by atoms with Crippen molar-refractivity contribution in [2.24, 2.45) is 5.92 Å². The van der Waals surface area contributed by atoms with Crippen LogP contribution in [-0.2, 0) is 16.0 Å². The lowest BCUT2D eigenvalue weighted by Crippen LogP contribution is -2.53. The lowest BCUT2D eigenvalue weighted by Gasteiger charge is -2.36. The zero-order valence-electron chi connectivity index (χ0n) is 13.5. The van der Waals surface area contributed by atoms with Crippen molar-refractivity contribution >= 4 is 23.4 Å². The van der Waals surface area contributed by atoms with E-state index in [1.54, 1.807) is 9.80 Å². The molecule has 1 heterocycles. The summed E-state index contributed by atoms with van der Waals surface area (Å²) in [6, 6.07) is 7.55. The van der Waals surface area contributed by atoms with Gasteiger partial charge in [0.25, 0.3) is 5.91 Å². The lowest BCUT2D eigenvalue weighted by molar-refractivity contribution is -0.145. The van der Waals surface area contributed by atoms with E-state index in [0.717, 1.165) is 5.56 Å². The largest absolute Gasteiger partial charge is 0.384 e. The van der Waals surface area contributed by atoms with Gasteiger partial charge in [-0.15, -0.1) is 0 Å². The zero-order chi connectivity index (χ0) is 17.0. The summed E-state index contributed by atoms with van der Waals surface area (Å²) in [6.45, 7) is 5.31. The van der Waals surface area contributed by atoms with Gasteiger partial charge in [0.2, 0.25) is 5.91 Å². The average Bonchev–Trinajstić information content (AvgIpc) is 2.55. The van der Waals surface area contributed by atoms with Gasteiger partial charge in [-0.3, -0.25) is 9.59 Å². The van der Waals surface area contributed by atoms with Crippen LogP contribution in [0.3, 0.4) is 0 Å². The first-order chi connectivity index (χ1) is 10.9. The number of hydrogen-bond donors (Lipinski definition) is 1. The zero-order valence-corrected chi connectivity index (χ0v) is 14.3. The number of carbonyl (C=O) groups excluding carboxylic acids is 2. The standard InChI is InChI=1S/C17H23ClN2O3/c1-12(11-14-5-3-4-6-15(14)18)16(22)19-7-9-20(10-8-19)17(23)13(2)21/h3-6,12-13,21H,7-11H2,1-2H3. The number of amides is 2. The van der Waals surface area contributed by atoms with Crippen LogP contribution in [0.1, 0.15) is 19.4 Å². The van der Waals surface area contributed by atoms with Crippen LogP contribution in [-0.4, -0.2) is 59.0 Å². The summed E-state index contributed by atoms with van der Waals surface area (Å²) < 4.78 is 0. The maximum Gasteiger partial charge on any atom is 0.251 e. The Morgan fingerprint density at radius 3 is 2.13 bits per heavy atom. The van der Waals surface area contributed by atoms with Gasteiger partial charge in [-0.25, -0.2) is 0 Å². The molecule has 23 heavy (non-hydrogen) atoms. The fourth-order valence-electron chi connectivity index (χ4n) is 2.80. The molecule has 0 bridgehead atoms. The van der Waals surface area contributed by atoms with Gasteiger partial charge >= 0.3 is 0 Å². The first kappa shape index (κ1) is 17.8. The van der Waals surface area contributed by atoms with Gasteiger partial charge in [0.05, 0.1) is 0 Å². The maximum atomic E-state index is 12.6. The first-order valence-corrected chi connectivity index (χ1v) is 8.27. The average molecular weight is 339 g/mol. The minimum absolute atomic E-state index is 0.0778. The number of hydrogen-bond acceptors (Lipinski definition) is 3. The highest BCUT2D eigenvalue weighted by Crippen LogP contribution is 2.20. The van der Waals surface area contributed by atoms with Crippen LogP contribution in [0.25, 0.3) is 0 Å². The molecule has 0 aliphatic carbocycles. The van der Waals surface area contributed by atoms with E-state index in [9.17, 15) is 14.7 Å². The van der Waals surface area contributed by atoms with Crippen LogP contribution in [0.5, 0.6) is 0 Å². The van der Waals surface area contributed by atoms with Gasteiger partial charge in [0.15, 0.2) is 0 Å². The molecule has 1 N–H and O–H groups in total. The van der Waals surface area contributed by atoms with Crippen molar-refractivity contribution in [3.8, 4) is 0 Å². The van der Waals surface area contributed by atoms with Crippen molar-refractivity contribution in [2.45, 2.75) is 26.4 Å². The maximum absolute atomic E-state index is 12.6.